The summed E-state index contributed by atoms with van der Waals surface area (Å²) < 4.78 is 17.0. The number of esters is 3. The normalized spacial score (nSPS) is 12.5. The Morgan fingerprint density at radius 2 is 0.481 bits per heavy atom. The van der Waals surface area contributed by atoms with E-state index in [1.165, 1.54) is 238 Å². The molecule has 0 radical (unpaired) electrons. The van der Waals surface area contributed by atoms with Crippen molar-refractivity contribution >= 4 is 17.9 Å². The Kier molecular flexibility index (Phi) is 66.6. The molecule has 0 aliphatic carbocycles. The first-order chi connectivity index (χ1) is 40.0. The first-order valence-corrected chi connectivity index (χ1v) is 35.4. The maximum Gasteiger partial charge on any atom is 0.306 e. The van der Waals surface area contributed by atoms with Gasteiger partial charge in [-0.25, -0.2) is 0 Å². The van der Waals surface area contributed by atoms with Crippen LogP contribution in [0, 0.1) is 0 Å². The molecule has 470 valence electrons. The molecule has 1 unspecified atom stereocenters. The van der Waals surface area contributed by atoms with Crippen LogP contribution in [0.25, 0.3) is 0 Å². The van der Waals surface area contributed by atoms with E-state index in [0.29, 0.717) is 19.3 Å². The minimum absolute atomic E-state index is 0.0714. The fraction of sp³-hybridized carbons (Fsp3) is 0.800. The van der Waals surface area contributed by atoms with Crippen molar-refractivity contribution in [3.05, 3.63) is 72.9 Å². The topological polar surface area (TPSA) is 78.9 Å². The standard InChI is InChI=1S/C75H134O6/c1-4-7-10-13-16-19-22-25-28-30-32-33-34-35-36-37-38-39-40-41-43-44-47-50-53-56-59-62-65-68-74(77)80-71-72(70-79-73(76)67-64-61-58-55-52-49-46-27-24-21-18-15-12-9-6-3)81-75(78)69-66-63-60-57-54-51-48-45-42-31-29-26-23-20-17-14-11-8-5-2/h7,10,16-17,19-20,25-26,28-29,32-33,72H,4-6,8-9,11-15,18,21-24,27,30-31,34-71H2,1-3H3/b10-7-,19-16-,20-17-,28-25-,29-26-,33-32-. The van der Waals surface area contributed by atoms with Crippen LogP contribution in [0.3, 0.4) is 0 Å². The lowest BCUT2D eigenvalue weighted by molar-refractivity contribution is -0.167. The van der Waals surface area contributed by atoms with Crippen LogP contribution >= 0.6 is 0 Å². The van der Waals surface area contributed by atoms with Gasteiger partial charge >= 0.3 is 17.9 Å². The Bertz CT molecular complexity index is 1490. The van der Waals surface area contributed by atoms with E-state index in [-0.39, 0.29) is 31.1 Å². The van der Waals surface area contributed by atoms with Crippen LogP contribution in [0.4, 0.5) is 0 Å². The highest BCUT2D eigenvalue weighted by molar-refractivity contribution is 5.71. The Hall–Kier alpha value is -3.15. The molecule has 0 fully saturated rings. The van der Waals surface area contributed by atoms with Crippen molar-refractivity contribution in [3.63, 3.8) is 0 Å². The largest absolute Gasteiger partial charge is 0.462 e. The molecule has 0 spiro atoms. The van der Waals surface area contributed by atoms with Crippen LogP contribution in [0.5, 0.6) is 0 Å². The van der Waals surface area contributed by atoms with Crippen LogP contribution < -0.4 is 0 Å². The van der Waals surface area contributed by atoms with Gasteiger partial charge in [-0.15, -0.1) is 0 Å². The second-order valence-corrected chi connectivity index (χ2v) is 23.8. The number of allylic oxidation sites excluding steroid dienone is 12. The van der Waals surface area contributed by atoms with Crippen molar-refractivity contribution in [3.8, 4) is 0 Å². The number of hydrogen-bond donors (Lipinski definition) is 0. The average molecular weight is 1130 g/mol. The summed E-state index contributed by atoms with van der Waals surface area (Å²) in [5.74, 6) is -0.851. The fourth-order valence-corrected chi connectivity index (χ4v) is 10.4. The van der Waals surface area contributed by atoms with Gasteiger partial charge in [0.15, 0.2) is 6.10 Å². The van der Waals surface area contributed by atoms with E-state index in [1.807, 2.05) is 0 Å². The molecule has 0 saturated heterocycles. The van der Waals surface area contributed by atoms with Gasteiger partial charge in [-0.3, -0.25) is 14.4 Å². The van der Waals surface area contributed by atoms with Gasteiger partial charge in [-0.05, 0) is 89.9 Å². The summed E-state index contributed by atoms with van der Waals surface area (Å²) in [6.45, 7) is 6.56. The molecule has 6 nitrogen and oxygen atoms in total. The Balaban J connectivity index is 4.25. The minimum atomic E-state index is -0.776. The summed E-state index contributed by atoms with van der Waals surface area (Å²) in [4.78, 5) is 38.5. The quantitative estimate of drug-likeness (QED) is 0.0261. The molecule has 81 heavy (non-hydrogen) atoms. The van der Waals surface area contributed by atoms with Crippen molar-refractivity contribution in [2.24, 2.45) is 0 Å². The summed E-state index contributed by atoms with van der Waals surface area (Å²) in [7, 11) is 0. The molecule has 0 heterocycles. The molecular formula is C75H134O6. The summed E-state index contributed by atoms with van der Waals surface area (Å²) in [6.07, 6.45) is 90.7. The molecule has 0 amide bonds. The van der Waals surface area contributed by atoms with E-state index < -0.39 is 6.10 Å². The van der Waals surface area contributed by atoms with Crippen LogP contribution in [-0.2, 0) is 28.6 Å². The van der Waals surface area contributed by atoms with Crippen molar-refractivity contribution in [2.75, 3.05) is 13.2 Å². The zero-order valence-corrected chi connectivity index (χ0v) is 54.1. The van der Waals surface area contributed by atoms with Gasteiger partial charge in [0.25, 0.3) is 0 Å². The van der Waals surface area contributed by atoms with E-state index in [0.717, 1.165) is 89.9 Å². The molecule has 0 aliphatic rings. The number of rotatable bonds is 65. The van der Waals surface area contributed by atoms with E-state index in [1.54, 1.807) is 0 Å². The second-order valence-electron chi connectivity index (χ2n) is 23.8. The molecule has 6 heteroatoms. The van der Waals surface area contributed by atoms with Gasteiger partial charge < -0.3 is 14.2 Å². The lowest BCUT2D eigenvalue weighted by Crippen LogP contribution is -2.30. The third-order valence-corrected chi connectivity index (χ3v) is 15.7. The molecule has 0 aromatic carbocycles. The molecule has 0 aromatic heterocycles. The molecule has 0 N–H and O–H groups in total. The third kappa shape index (κ3) is 67.5. The number of carbonyl (C=O) groups excluding carboxylic acids is 3. The van der Waals surface area contributed by atoms with Crippen LogP contribution in [0.1, 0.15) is 367 Å². The van der Waals surface area contributed by atoms with Gasteiger partial charge in [-0.2, -0.15) is 0 Å². The third-order valence-electron chi connectivity index (χ3n) is 15.7. The molecule has 0 bridgehead atoms. The summed E-state index contributed by atoms with van der Waals surface area (Å²) in [5.41, 5.74) is 0. The van der Waals surface area contributed by atoms with Crippen LogP contribution in [0.2, 0.25) is 0 Å². The monoisotopic (exact) mass is 1130 g/mol. The molecule has 0 saturated carbocycles. The van der Waals surface area contributed by atoms with E-state index in [9.17, 15) is 14.4 Å². The highest BCUT2D eigenvalue weighted by Crippen LogP contribution is 2.18. The number of unbranched alkanes of at least 4 members (excludes halogenated alkanes) is 42. The van der Waals surface area contributed by atoms with Gasteiger partial charge in [0.1, 0.15) is 13.2 Å². The highest BCUT2D eigenvalue weighted by Gasteiger charge is 2.19. The fourth-order valence-electron chi connectivity index (χ4n) is 10.4. The predicted octanol–water partition coefficient (Wildman–Crippen LogP) is 24.4. The Morgan fingerprint density at radius 1 is 0.259 bits per heavy atom. The number of hydrogen-bond acceptors (Lipinski definition) is 6. The van der Waals surface area contributed by atoms with Crippen molar-refractivity contribution in [1.82, 2.24) is 0 Å². The van der Waals surface area contributed by atoms with Gasteiger partial charge in [0.05, 0.1) is 0 Å². The zero-order chi connectivity index (χ0) is 58.5. The van der Waals surface area contributed by atoms with E-state index in [4.69, 9.17) is 14.2 Å². The molecule has 0 rings (SSSR count). The average Bonchev–Trinajstić information content (AvgIpc) is 3.47. The van der Waals surface area contributed by atoms with Crippen molar-refractivity contribution < 1.29 is 28.6 Å². The summed E-state index contributed by atoms with van der Waals surface area (Å²) in [6, 6.07) is 0. The maximum atomic E-state index is 12.9. The molecule has 0 aromatic rings. The van der Waals surface area contributed by atoms with E-state index >= 15 is 0 Å². The minimum Gasteiger partial charge on any atom is -0.462 e. The smallest absolute Gasteiger partial charge is 0.306 e. The van der Waals surface area contributed by atoms with Crippen molar-refractivity contribution in [1.29, 1.82) is 0 Å². The Labute approximate surface area is 503 Å². The number of ether oxygens (including phenoxy) is 3. The first-order valence-electron chi connectivity index (χ1n) is 35.4. The first kappa shape index (κ1) is 77.9. The van der Waals surface area contributed by atoms with Gasteiger partial charge in [0.2, 0.25) is 0 Å². The summed E-state index contributed by atoms with van der Waals surface area (Å²) in [5, 5.41) is 0. The van der Waals surface area contributed by atoms with Gasteiger partial charge in [0, 0.05) is 19.3 Å². The lowest BCUT2D eigenvalue weighted by atomic mass is 10.0. The van der Waals surface area contributed by atoms with Gasteiger partial charge in [-0.1, -0.05) is 331 Å². The summed E-state index contributed by atoms with van der Waals surface area (Å²) >= 11 is 0. The molecule has 1 atom stereocenters. The van der Waals surface area contributed by atoms with Crippen molar-refractivity contribution in [2.45, 2.75) is 374 Å². The molecule has 0 aliphatic heterocycles. The maximum absolute atomic E-state index is 12.9. The predicted molar refractivity (Wildman–Crippen MR) is 353 cm³/mol. The number of carbonyl (C=O) groups is 3. The zero-order valence-electron chi connectivity index (χ0n) is 54.1. The lowest BCUT2D eigenvalue weighted by Gasteiger charge is -2.18. The highest BCUT2D eigenvalue weighted by atomic mass is 16.6. The Morgan fingerprint density at radius 3 is 0.778 bits per heavy atom. The molecular weight excluding hydrogens is 997 g/mol. The van der Waals surface area contributed by atoms with Crippen LogP contribution in [-0.4, -0.2) is 37.2 Å². The SMILES string of the molecule is CC/C=C\C/C=C\C/C=C\C/C=C\CCCCCCCCCCCCCCCCCCC(=O)OCC(COC(=O)CCCCCCCCCCCCCCCCC)OC(=O)CCCCCCCCCCC/C=C\C/C=C\CCCCC. The van der Waals surface area contributed by atoms with Crippen LogP contribution in [0.15, 0.2) is 72.9 Å². The second kappa shape index (κ2) is 69.3. The van der Waals surface area contributed by atoms with E-state index in [2.05, 4.69) is 93.7 Å².